The van der Waals surface area contributed by atoms with E-state index < -0.39 is 6.17 Å². The van der Waals surface area contributed by atoms with E-state index in [0.717, 1.165) is 11.1 Å². The van der Waals surface area contributed by atoms with Crippen LogP contribution >= 0.6 is 0 Å². The van der Waals surface area contributed by atoms with Crippen molar-refractivity contribution in [2.75, 3.05) is 18.0 Å². The second-order valence-corrected chi connectivity index (χ2v) is 7.54. The summed E-state index contributed by atoms with van der Waals surface area (Å²) in [5.74, 6) is -0.687. The zero-order valence-corrected chi connectivity index (χ0v) is 16.7. The van der Waals surface area contributed by atoms with Gasteiger partial charge in [-0.1, -0.05) is 30.3 Å². The molecular weight excluding hydrogens is 392 g/mol. The molecule has 3 amide bonds. The first-order valence-corrected chi connectivity index (χ1v) is 10.1. The average molecular weight is 412 g/mol. The molecule has 2 aromatic carbocycles. The van der Waals surface area contributed by atoms with Gasteiger partial charge in [0.25, 0.3) is 11.8 Å². The Morgan fingerprint density at radius 2 is 1.61 bits per heavy atom. The highest BCUT2D eigenvalue weighted by molar-refractivity contribution is 6.17. The minimum Gasteiger partial charge on any atom is -0.354 e. The zero-order valence-electron chi connectivity index (χ0n) is 16.7. The van der Waals surface area contributed by atoms with Crippen LogP contribution in [-0.2, 0) is 11.2 Å². The highest BCUT2D eigenvalue weighted by Gasteiger charge is 2.47. The van der Waals surface area contributed by atoms with Crippen molar-refractivity contribution in [2.45, 2.75) is 12.6 Å². The number of amides is 3. The molecule has 1 atom stereocenters. The first-order chi connectivity index (χ1) is 15.1. The number of para-hydroxylation sites is 1. The first kappa shape index (κ1) is 19.0. The molecule has 154 valence electrons. The molecule has 0 aliphatic carbocycles. The fraction of sp³-hybridized carbons (Fsp3) is 0.167. The molecule has 0 spiro atoms. The summed E-state index contributed by atoms with van der Waals surface area (Å²) in [5.41, 5.74) is 3.36. The summed E-state index contributed by atoms with van der Waals surface area (Å²) in [6.07, 6.45) is 3.47. The minimum absolute atomic E-state index is 0.133. The molecule has 5 rings (SSSR count). The van der Waals surface area contributed by atoms with Crippen LogP contribution in [0.5, 0.6) is 0 Å². The fourth-order valence-corrected chi connectivity index (χ4v) is 4.24. The second kappa shape index (κ2) is 7.68. The number of benzene rings is 2. The smallest absolute Gasteiger partial charge is 0.260 e. The molecule has 0 bridgehead atoms. The average Bonchev–Trinajstić information content (AvgIpc) is 3.10. The molecule has 7 heteroatoms. The van der Waals surface area contributed by atoms with Gasteiger partial charge >= 0.3 is 0 Å². The highest BCUT2D eigenvalue weighted by atomic mass is 16.2. The van der Waals surface area contributed by atoms with Gasteiger partial charge in [-0.3, -0.25) is 24.3 Å². The molecule has 0 saturated heterocycles. The lowest BCUT2D eigenvalue weighted by atomic mass is 10.0. The zero-order chi connectivity index (χ0) is 21.4. The number of nitrogens with one attached hydrogen (secondary N) is 1. The van der Waals surface area contributed by atoms with Crippen molar-refractivity contribution in [3.8, 4) is 0 Å². The van der Waals surface area contributed by atoms with Gasteiger partial charge < -0.3 is 10.2 Å². The van der Waals surface area contributed by atoms with E-state index in [-0.39, 0.29) is 24.3 Å². The Balaban J connectivity index is 1.40. The van der Waals surface area contributed by atoms with Crippen molar-refractivity contribution in [1.82, 2.24) is 15.2 Å². The van der Waals surface area contributed by atoms with Crippen LogP contribution in [0.15, 0.2) is 73.1 Å². The molecule has 0 unspecified atom stereocenters. The third-order valence-corrected chi connectivity index (χ3v) is 5.68. The predicted molar refractivity (Wildman–Crippen MR) is 114 cm³/mol. The van der Waals surface area contributed by atoms with Crippen LogP contribution in [0.4, 0.5) is 5.69 Å². The lowest BCUT2D eigenvalue weighted by Crippen LogP contribution is -2.51. The lowest BCUT2D eigenvalue weighted by molar-refractivity contribution is -0.122. The summed E-state index contributed by atoms with van der Waals surface area (Å²) in [6, 6.07) is 18.1. The summed E-state index contributed by atoms with van der Waals surface area (Å²) >= 11 is 0. The number of anilines is 1. The maximum absolute atomic E-state index is 13.3. The number of nitrogens with zero attached hydrogens (tertiary/aromatic N) is 3. The van der Waals surface area contributed by atoms with Crippen LogP contribution in [-0.4, -0.2) is 40.7 Å². The molecule has 1 N–H and O–H groups in total. The molecule has 3 heterocycles. The van der Waals surface area contributed by atoms with Gasteiger partial charge in [0.15, 0.2) is 0 Å². The standard InChI is InChI=1S/C24H20N4O3/c29-21(26-14-11-16-9-12-25-13-10-16)15-27-22-17-5-1-2-6-18(17)24(31)28(22)20-8-4-3-7-19(20)23(27)30/h1-10,12-13,22H,11,14-15H2,(H,26,29)/t22-/m1/s1. The van der Waals surface area contributed by atoms with Crippen molar-refractivity contribution in [3.63, 3.8) is 0 Å². The van der Waals surface area contributed by atoms with E-state index in [9.17, 15) is 14.4 Å². The van der Waals surface area contributed by atoms with Crippen LogP contribution in [0.3, 0.4) is 0 Å². The van der Waals surface area contributed by atoms with Gasteiger partial charge in [-0.05, 0) is 42.3 Å². The quantitative estimate of drug-likeness (QED) is 0.698. The van der Waals surface area contributed by atoms with Crippen molar-refractivity contribution in [3.05, 3.63) is 95.3 Å². The van der Waals surface area contributed by atoms with Gasteiger partial charge in [-0.2, -0.15) is 0 Å². The Morgan fingerprint density at radius 3 is 2.42 bits per heavy atom. The molecule has 7 nitrogen and oxygen atoms in total. The number of hydrogen-bond donors (Lipinski definition) is 1. The molecule has 0 fully saturated rings. The van der Waals surface area contributed by atoms with Gasteiger partial charge in [-0.15, -0.1) is 0 Å². The number of fused-ring (bicyclic) bond motifs is 5. The molecule has 1 aromatic heterocycles. The van der Waals surface area contributed by atoms with Crippen LogP contribution in [0.1, 0.15) is 38.0 Å². The number of aromatic nitrogens is 1. The highest BCUT2D eigenvalue weighted by Crippen LogP contribution is 2.44. The van der Waals surface area contributed by atoms with Gasteiger partial charge in [0.2, 0.25) is 5.91 Å². The maximum atomic E-state index is 13.3. The van der Waals surface area contributed by atoms with Crippen molar-refractivity contribution in [2.24, 2.45) is 0 Å². The normalized spacial score (nSPS) is 16.6. The van der Waals surface area contributed by atoms with E-state index in [4.69, 9.17) is 0 Å². The van der Waals surface area contributed by atoms with Gasteiger partial charge in [-0.25, -0.2) is 0 Å². The summed E-state index contributed by atoms with van der Waals surface area (Å²) < 4.78 is 0. The molecule has 31 heavy (non-hydrogen) atoms. The third kappa shape index (κ3) is 3.24. The predicted octanol–water partition coefficient (Wildman–Crippen LogP) is 2.56. The van der Waals surface area contributed by atoms with E-state index in [0.29, 0.717) is 29.8 Å². The fourth-order valence-electron chi connectivity index (χ4n) is 4.24. The number of hydrogen-bond acceptors (Lipinski definition) is 4. The second-order valence-electron chi connectivity index (χ2n) is 7.54. The number of pyridine rings is 1. The largest absolute Gasteiger partial charge is 0.354 e. The minimum atomic E-state index is -0.628. The summed E-state index contributed by atoms with van der Waals surface area (Å²) in [4.78, 5) is 46.3. The van der Waals surface area contributed by atoms with Gasteiger partial charge in [0.05, 0.1) is 11.3 Å². The monoisotopic (exact) mass is 412 g/mol. The van der Waals surface area contributed by atoms with Crippen molar-refractivity contribution in [1.29, 1.82) is 0 Å². The van der Waals surface area contributed by atoms with E-state index in [1.165, 1.54) is 4.90 Å². The number of rotatable bonds is 5. The van der Waals surface area contributed by atoms with E-state index in [1.807, 2.05) is 24.3 Å². The number of carbonyl (C=O) groups is 3. The van der Waals surface area contributed by atoms with E-state index >= 15 is 0 Å². The Kier molecular flexibility index (Phi) is 4.71. The van der Waals surface area contributed by atoms with Crippen LogP contribution < -0.4 is 10.2 Å². The summed E-state index contributed by atoms with van der Waals surface area (Å²) in [6.45, 7) is 0.317. The lowest BCUT2D eigenvalue weighted by Gasteiger charge is -2.40. The summed E-state index contributed by atoms with van der Waals surface area (Å²) in [7, 11) is 0. The molecule has 3 aromatic rings. The maximum Gasteiger partial charge on any atom is 0.260 e. The Hall–Kier alpha value is -4.00. The topological polar surface area (TPSA) is 82.6 Å². The molecule has 2 aliphatic heterocycles. The third-order valence-electron chi connectivity index (χ3n) is 5.68. The van der Waals surface area contributed by atoms with Gasteiger partial charge in [0, 0.05) is 30.1 Å². The Bertz CT molecular complexity index is 1180. The molecular formula is C24H20N4O3. The van der Waals surface area contributed by atoms with Crippen LogP contribution in [0.2, 0.25) is 0 Å². The number of carbonyl (C=O) groups excluding carboxylic acids is 3. The summed E-state index contributed by atoms with van der Waals surface area (Å²) in [5, 5.41) is 2.88. The van der Waals surface area contributed by atoms with Crippen LogP contribution in [0, 0.1) is 0 Å². The van der Waals surface area contributed by atoms with Crippen LogP contribution in [0.25, 0.3) is 0 Å². The SMILES string of the molecule is O=C(CN1C(=O)c2ccccc2N2C(=O)c3ccccc3[C@H]12)NCCc1ccncc1. The van der Waals surface area contributed by atoms with E-state index in [2.05, 4.69) is 10.3 Å². The molecule has 0 saturated carbocycles. The first-order valence-electron chi connectivity index (χ1n) is 10.1. The van der Waals surface area contributed by atoms with E-state index in [1.54, 1.807) is 53.7 Å². The van der Waals surface area contributed by atoms with Gasteiger partial charge in [0.1, 0.15) is 12.7 Å². The molecule has 2 aliphatic rings. The molecule has 0 radical (unpaired) electrons. The van der Waals surface area contributed by atoms with Crippen molar-refractivity contribution < 1.29 is 14.4 Å². The Morgan fingerprint density at radius 1 is 0.903 bits per heavy atom. The Labute approximate surface area is 179 Å². The van der Waals surface area contributed by atoms with Crippen molar-refractivity contribution >= 4 is 23.4 Å².